The molecule has 1 aliphatic rings. The van der Waals surface area contributed by atoms with E-state index in [4.69, 9.17) is 18.0 Å². The highest BCUT2D eigenvalue weighted by molar-refractivity contribution is 7.80. The van der Waals surface area contributed by atoms with Crippen molar-refractivity contribution in [3.63, 3.8) is 0 Å². The minimum atomic E-state index is -0.626. The molecule has 2 rings (SSSR count). The first-order chi connectivity index (χ1) is 9.59. The van der Waals surface area contributed by atoms with Crippen LogP contribution in [-0.4, -0.2) is 41.3 Å². The van der Waals surface area contributed by atoms with Crippen LogP contribution in [0, 0.1) is 0 Å². The average Bonchev–Trinajstić information content (AvgIpc) is 2.64. The summed E-state index contributed by atoms with van der Waals surface area (Å²) in [4.78, 5) is 25.7. The minimum absolute atomic E-state index is 0.0353. The zero-order valence-electron chi connectivity index (χ0n) is 11.0. The van der Waals surface area contributed by atoms with Crippen molar-refractivity contribution in [1.29, 1.82) is 0 Å². The summed E-state index contributed by atoms with van der Waals surface area (Å²) in [6, 6.07) is 9.24. The molecule has 1 heterocycles. The Morgan fingerprint density at radius 3 is 2.65 bits per heavy atom. The van der Waals surface area contributed by atoms with Crippen LogP contribution in [-0.2, 0) is 9.59 Å². The lowest BCUT2D eigenvalue weighted by Gasteiger charge is -2.25. The maximum absolute atomic E-state index is 12.6. The molecule has 2 amide bonds. The van der Waals surface area contributed by atoms with Crippen molar-refractivity contribution in [1.82, 2.24) is 10.2 Å². The highest BCUT2D eigenvalue weighted by atomic mass is 32.1. The van der Waals surface area contributed by atoms with Gasteiger partial charge in [0.1, 0.15) is 5.92 Å². The van der Waals surface area contributed by atoms with Crippen LogP contribution in [0.25, 0.3) is 0 Å². The molecule has 1 aliphatic heterocycles. The van der Waals surface area contributed by atoms with E-state index in [1.165, 1.54) is 0 Å². The molecule has 1 atom stereocenters. The molecule has 6 heteroatoms. The van der Waals surface area contributed by atoms with Crippen LogP contribution in [0.5, 0.6) is 0 Å². The van der Waals surface area contributed by atoms with Gasteiger partial charge in [-0.1, -0.05) is 42.5 Å². The predicted molar refractivity (Wildman–Crippen MR) is 80.2 cm³/mol. The van der Waals surface area contributed by atoms with Gasteiger partial charge in [-0.3, -0.25) is 9.59 Å². The molecular formula is C14H17N3O2S. The number of carbonyl (C=O) groups is 2. The van der Waals surface area contributed by atoms with E-state index in [-0.39, 0.29) is 16.8 Å². The smallest absolute Gasteiger partial charge is 0.237 e. The third-order valence-corrected chi connectivity index (χ3v) is 3.52. The van der Waals surface area contributed by atoms with E-state index in [0.717, 1.165) is 5.56 Å². The summed E-state index contributed by atoms with van der Waals surface area (Å²) in [5, 5.41) is 2.74. The van der Waals surface area contributed by atoms with Crippen LogP contribution in [0.15, 0.2) is 30.3 Å². The van der Waals surface area contributed by atoms with Crippen LogP contribution in [0.4, 0.5) is 0 Å². The number of nitrogens with one attached hydrogen (secondary N) is 1. The van der Waals surface area contributed by atoms with Gasteiger partial charge >= 0.3 is 0 Å². The maximum Gasteiger partial charge on any atom is 0.237 e. The number of thiocarbonyl (C=S) groups is 1. The summed E-state index contributed by atoms with van der Waals surface area (Å²) < 4.78 is 0. The molecular weight excluding hydrogens is 274 g/mol. The zero-order chi connectivity index (χ0) is 14.5. The van der Waals surface area contributed by atoms with Gasteiger partial charge in [0.15, 0.2) is 0 Å². The van der Waals surface area contributed by atoms with Gasteiger partial charge in [-0.2, -0.15) is 0 Å². The van der Waals surface area contributed by atoms with Gasteiger partial charge in [0.25, 0.3) is 0 Å². The van der Waals surface area contributed by atoms with Crippen molar-refractivity contribution in [2.24, 2.45) is 5.73 Å². The lowest BCUT2D eigenvalue weighted by Crippen LogP contribution is -2.41. The number of amides is 2. The summed E-state index contributed by atoms with van der Waals surface area (Å²) in [6.45, 7) is 1.34. The topological polar surface area (TPSA) is 75.4 Å². The number of carbonyl (C=O) groups excluding carboxylic acids is 2. The van der Waals surface area contributed by atoms with Gasteiger partial charge < -0.3 is 16.0 Å². The Balaban J connectivity index is 2.19. The van der Waals surface area contributed by atoms with E-state index < -0.39 is 5.92 Å². The Labute approximate surface area is 123 Å². The van der Waals surface area contributed by atoms with Gasteiger partial charge in [0.05, 0.1) is 4.99 Å². The summed E-state index contributed by atoms with van der Waals surface area (Å²) in [5.74, 6) is -0.800. The highest BCUT2D eigenvalue weighted by Gasteiger charge is 2.29. The SMILES string of the molecule is NC(=S)C(C(=O)N1CCNC(=O)CC1)c1ccccc1. The first-order valence-electron chi connectivity index (χ1n) is 6.49. The van der Waals surface area contributed by atoms with Crippen LogP contribution in [0.2, 0.25) is 0 Å². The second-order valence-electron chi connectivity index (χ2n) is 4.67. The molecule has 106 valence electrons. The van der Waals surface area contributed by atoms with E-state index in [9.17, 15) is 9.59 Å². The Bertz CT molecular complexity index is 518. The van der Waals surface area contributed by atoms with Gasteiger partial charge in [-0.15, -0.1) is 0 Å². The minimum Gasteiger partial charge on any atom is -0.392 e. The first-order valence-corrected chi connectivity index (χ1v) is 6.90. The molecule has 1 unspecified atom stereocenters. The van der Waals surface area contributed by atoms with Gasteiger partial charge in [0.2, 0.25) is 11.8 Å². The summed E-state index contributed by atoms with van der Waals surface area (Å²) in [5.41, 5.74) is 6.53. The molecule has 0 radical (unpaired) electrons. The third-order valence-electron chi connectivity index (χ3n) is 3.29. The van der Waals surface area contributed by atoms with E-state index >= 15 is 0 Å². The summed E-state index contributed by atoms with van der Waals surface area (Å²) in [6.07, 6.45) is 0.310. The standard InChI is InChI=1S/C14H17N3O2S/c15-13(20)12(10-4-2-1-3-5-10)14(19)17-8-6-11(18)16-7-9-17/h1-5,12H,6-9H2,(H2,15,20)(H,16,18). The lowest BCUT2D eigenvalue weighted by atomic mass is 9.97. The number of rotatable bonds is 3. The number of nitrogens with two attached hydrogens (primary N) is 1. The van der Waals surface area contributed by atoms with Crippen LogP contribution >= 0.6 is 12.2 Å². The van der Waals surface area contributed by atoms with Crippen LogP contribution in [0.3, 0.4) is 0 Å². The van der Waals surface area contributed by atoms with Gasteiger partial charge in [-0.25, -0.2) is 0 Å². The van der Waals surface area contributed by atoms with Crippen LogP contribution in [0.1, 0.15) is 17.9 Å². The molecule has 1 saturated heterocycles. The highest BCUT2D eigenvalue weighted by Crippen LogP contribution is 2.19. The quantitative estimate of drug-likeness (QED) is 0.791. The van der Waals surface area contributed by atoms with E-state index in [0.29, 0.717) is 26.1 Å². The normalized spacial score (nSPS) is 17.0. The van der Waals surface area contributed by atoms with Crippen molar-refractivity contribution in [3.05, 3.63) is 35.9 Å². The molecule has 5 nitrogen and oxygen atoms in total. The van der Waals surface area contributed by atoms with E-state index in [1.54, 1.807) is 4.90 Å². The molecule has 0 bridgehead atoms. The molecule has 0 saturated carbocycles. The number of hydrogen-bond donors (Lipinski definition) is 2. The largest absolute Gasteiger partial charge is 0.392 e. The first kappa shape index (κ1) is 14.5. The second-order valence-corrected chi connectivity index (χ2v) is 5.14. The van der Waals surface area contributed by atoms with E-state index in [2.05, 4.69) is 5.32 Å². The number of nitrogens with zero attached hydrogens (tertiary/aromatic N) is 1. The molecule has 1 aromatic carbocycles. The fourth-order valence-electron chi connectivity index (χ4n) is 2.24. The number of hydrogen-bond acceptors (Lipinski definition) is 3. The summed E-state index contributed by atoms with van der Waals surface area (Å²) >= 11 is 5.05. The van der Waals surface area contributed by atoms with Crippen molar-refractivity contribution in [2.75, 3.05) is 19.6 Å². The lowest BCUT2D eigenvalue weighted by molar-refractivity contribution is -0.131. The molecule has 0 aliphatic carbocycles. The molecule has 1 aromatic rings. The molecule has 1 fully saturated rings. The summed E-state index contributed by atoms with van der Waals surface area (Å²) in [7, 11) is 0. The van der Waals surface area contributed by atoms with Crippen molar-refractivity contribution < 1.29 is 9.59 Å². The van der Waals surface area contributed by atoms with E-state index in [1.807, 2.05) is 30.3 Å². The number of benzene rings is 1. The third kappa shape index (κ3) is 3.33. The van der Waals surface area contributed by atoms with Crippen LogP contribution < -0.4 is 11.1 Å². The Hall–Kier alpha value is -1.95. The fourth-order valence-corrected chi connectivity index (χ4v) is 2.48. The average molecular weight is 291 g/mol. The Morgan fingerprint density at radius 1 is 1.30 bits per heavy atom. The van der Waals surface area contributed by atoms with Gasteiger partial charge in [0, 0.05) is 26.1 Å². The fraction of sp³-hybridized carbons (Fsp3) is 0.357. The zero-order valence-corrected chi connectivity index (χ0v) is 11.9. The molecule has 3 N–H and O–H groups in total. The molecule has 20 heavy (non-hydrogen) atoms. The monoisotopic (exact) mass is 291 g/mol. The second kappa shape index (κ2) is 6.47. The van der Waals surface area contributed by atoms with Crippen molar-refractivity contribution >= 4 is 29.0 Å². The predicted octanol–water partition coefficient (Wildman–Crippen LogP) is 0.405. The van der Waals surface area contributed by atoms with Crippen molar-refractivity contribution in [2.45, 2.75) is 12.3 Å². The Kier molecular flexibility index (Phi) is 4.68. The van der Waals surface area contributed by atoms with Crippen molar-refractivity contribution in [3.8, 4) is 0 Å². The molecule has 0 aromatic heterocycles. The van der Waals surface area contributed by atoms with Gasteiger partial charge in [-0.05, 0) is 5.56 Å². The Morgan fingerprint density at radius 2 is 2.00 bits per heavy atom. The maximum atomic E-state index is 12.6. The molecule has 0 spiro atoms.